The number of carbonyl (C=O) groups is 1. The van der Waals surface area contributed by atoms with Crippen LogP contribution >= 0.6 is 11.3 Å². The summed E-state index contributed by atoms with van der Waals surface area (Å²) in [5, 5.41) is 9.79. The fourth-order valence-electron chi connectivity index (χ4n) is 1.49. The molecule has 0 aromatic carbocycles. The fraction of sp³-hybridized carbons (Fsp3) is 0.364. The molecule has 2 aromatic heterocycles. The third-order valence-corrected chi connectivity index (χ3v) is 5.61. The molecular weight excluding hydrogens is 316 g/mol. The second kappa shape index (κ2) is 6.33. The van der Waals surface area contributed by atoms with Crippen molar-refractivity contribution >= 4 is 32.4 Å². The van der Waals surface area contributed by atoms with Gasteiger partial charge in [-0.05, 0) is 12.1 Å². The summed E-state index contributed by atoms with van der Waals surface area (Å²) in [7, 11) is -2.27. The molecule has 0 aliphatic rings. The van der Waals surface area contributed by atoms with Crippen LogP contribution in [0.4, 0.5) is 5.13 Å². The number of carbonyl (C=O) groups excluding carboxylic acids is 1. The molecule has 0 saturated heterocycles. The molecular formula is C11H14N4O4S2. The molecule has 0 saturated carbocycles. The Morgan fingerprint density at radius 1 is 1.48 bits per heavy atom. The average molecular weight is 330 g/mol. The van der Waals surface area contributed by atoms with Gasteiger partial charge in [0.2, 0.25) is 15.4 Å². The number of furan rings is 1. The van der Waals surface area contributed by atoms with Crippen LogP contribution in [0.3, 0.4) is 0 Å². The third-order valence-electron chi connectivity index (χ3n) is 2.57. The molecule has 0 bridgehead atoms. The lowest BCUT2D eigenvalue weighted by molar-refractivity contribution is -0.114. The first-order chi connectivity index (χ1) is 9.89. The molecule has 0 radical (unpaired) electrons. The van der Waals surface area contributed by atoms with Crippen molar-refractivity contribution in [2.75, 3.05) is 18.9 Å². The van der Waals surface area contributed by atoms with E-state index >= 15 is 0 Å². The van der Waals surface area contributed by atoms with Gasteiger partial charge in [-0.25, -0.2) is 8.42 Å². The highest BCUT2D eigenvalue weighted by Gasteiger charge is 2.25. The Hall–Kier alpha value is -1.78. The van der Waals surface area contributed by atoms with Crippen molar-refractivity contribution in [3.8, 4) is 0 Å². The van der Waals surface area contributed by atoms with Crippen LogP contribution in [0.1, 0.15) is 12.7 Å². The van der Waals surface area contributed by atoms with Gasteiger partial charge in [-0.1, -0.05) is 11.3 Å². The number of likely N-dealkylation sites (N-methyl/N-ethyl adjacent to an activating group) is 1. The van der Waals surface area contributed by atoms with Crippen molar-refractivity contribution < 1.29 is 17.6 Å². The zero-order valence-electron chi connectivity index (χ0n) is 11.4. The Kier molecular flexibility index (Phi) is 4.70. The zero-order valence-corrected chi connectivity index (χ0v) is 13.1. The smallest absolute Gasteiger partial charge is 0.272 e. The predicted molar refractivity (Wildman–Crippen MR) is 76.4 cm³/mol. The average Bonchev–Trinajstić information content (AvgIpc) is 3.06. The quantitative estimate of drug-likeness (QED) is 0.791. The maximum absolute atomic E-state index is 12.3. The molecule has 0 aliphatic carbocycles. The zero-order chi connectivity index (χ0) is 15.5. The van der Waals surface area contributed by atoms with Crippen LogP contribution in [0.25, 0.3) is 0 Å². The van der Waals surface area contributed by atoms with Crippen LogP contribution in [0, 0.1) is 0 Å². The minimum atomic E-state index is -3.72. The van der Waals surface area contributed by atoms with Crippen LogP contribution in [-0.2, 0) is 21.2 Å². The molecule has 2 heterocycles. The van der Waals surface area contributed by atoms with Gasteiger partial charge in [0.15, 0.2) is 0 Å². The fourth-order valence-corrected chi connectivity index (χ4v) is 3.80. The van der Waals surface area contributed by atoms with Crippen molar-refractivity contribution in [1.82, 2.24) is 14.5 Å². The largest absolute Gasteiger partial charge is 0.469 e. The monoisotopic (exact) mass is 330 g/mol. The van der Waals surface area contributed by atoms with E-state index < -0.39 is 10.0 Å². The SMILES string of the molecule is CC(=O)Nc1nnc(S(=O)(=O)N(C)CCc2ccco2)s1. The molecule has 10 heteroatoms. The maximum atomic E-state index is 12.3. The van der Waals surface area contributed by atoms with Crippen molar-refractivity contribution in [2.24, 2.45) is 0 Å². The number of aromatic nitrogens is 2. The summed E-state index contributed by atoms with van der Waals surface area (Å²) in [6.07, 6.45) is 1.99. The van der Waals surface area contributed by atoms with Crippen LogP contribution in [-0.4, -0.2) is 42.4 Å². The topological polar surface area (TPSA) is 105 Å². The van der Waals surface area contributed by atoms with Gasteiger partial charge >= 0.3 is 0 Å². The Morgan fingerprint density at radius 2 is 2.24 bits per heavy atom. The molecule has 21 heavy (non-hydrogen) atoms. The highest BCUT2D eigenvalue weighted by atomic mass is 32.2. The molecule has 1 amide bonds. The summed E-state index contributed by atoms with van der Waals surface area (Å²) in [4.78, 5) is 10.9. The summed E-state index contributed by atoms with van der Waals surface area (Å²) in [6, 6.07) is 3.52. The number of hydrogen-bond donors (Lipinski definition) is 1. The Balaban J connectivity index is 2.05. The minimum Gasteiger partial charge on any atom is -0.469 e. The molecule has 2 rings (SSSR count). The van der Waals surface area contributed by atoms with Gasteiger partial charge in [-0.3, -0.25) is 4.79 Å². The second-order valence-electron chi connectivity index (χ2n) is 4.21. The van der Waals surface area contributed by atoms with Gasteiger partial charge in [-0.2, -0.15) is 4.31 Å². The van der Waals surface area contributed by atoms with E-state index in [4.69, 9.17) is 4.42 Å². The van der Waals surface area contributed by atoms with Crippen molar-refractivity contribution in [3.63, 3.8) is 0 Å². The minimum absolute atomic E-state index is 0.153. The van der Waals surface area contributed by atoms with Crippen LogP contribution in [0.15, 0.2) is 27.2 Å². The number of rotatable bonds is 6. The number of sulfonamides is 1. The molecule has 2 aromatic rings. The van der Waals surface area contributed by atoms with Gasteiger partial charge in [0, 0.05) is 26.9 Å². The first kappa shape index (κ1) is 15.6. The summed E-state index contributed by atoms with van der Waals surface area (Å²) in [5.41, 5.74) is 0. The summed E-state index contributed by atoms with van der Waals surface area (Å²) < 4.78 is 30.7. The summed E-state index contributed by atoms with van der Waals surface area (Å²) >= 11 is 0.813. The lowest BCUT2D eigenvalue weighted by Gasteiger charge is -2.13. The Labute approximate surface area is 125 Å². The number of hydrogen-bond acceptors (Lipinski definition) is 7. The van der Waals surface area contributed by atoms with Gasteiger partial charge in [0.25, 0.3) is 10.0 Å². The van der Waals surface area contributed by atoms with Gasteiger partial charge < -0.3 is 9.73 Å². The van der Waals surface area contributed by atoms with E-state index in [1.165, 1.54) is 24.5 Å². The highest BCUT2D eigenvalue weighted by molar-refractivity contribution is 7.91. The number of amides is 1. The van der Waals surface area contributed by atoms with E-state index in [2.05, 4.69) is 15.5 Å². The van der Waals surface area contributed by atoms with Crippen molar-refractivity contribution in [1.29, 1.82) is 0 Å². The molecule has 0 unspecified atom stereocenters. The summed E-state index contributed by atoms with van der Waals surface area (Å²) in [6.45, 7) is 1.57. The van der Waals surface area contributed by atoms with Crippen molar-refractivity contribution in [2.45, 2.75) is 17.7 Å². The first-order valence-electron chi connectivity index (χ1n) is 5.99. The molecule has 0 fully saturated rings. The lowest BCUT2D eigenvalue weighted by Crippen LogP contribution is -2.28. The molecule has 0 spiro atoms. The van der Waals surface area contributed by atoms with E-state index in [0.29, 0.717) is 12.2 Å². The molecule has 0 atom stereocenters. The lowest BCUT2D eigenvalue weighted by atomic mass is 10.3. The van der Waals surface area contributed by atoms with E-state index in [-0.39, 0.29) is 21.9 Å². The number of nitrogens with zero attached hydrogens (tertiary/aromatic N) is 3. The Morgan fingerprint density at radius 3 is 2.86 bits per heavy atom. The van der Waals surface area contributed by atoms with Crippen LogP contribution in [0.5, 0.6) is 0 Å². The number of nitrogens with one attached hydrogen (secondary N) is 1. The number of anilines is 1. The second-order valence-corrected chi connectivity index (χ2v) is 7.41. The van der Waals surface area contributed by atoms with Gasteiger partial charge in [-0.15, -0.1) is 10.2 Å². The molecule has 1 N–H and O–H groups in total. The third kappa shape index (κ3) is 3.86. The standard InChI is InChI=1S/C11H14N4O4S2/c1-8(16)12-10-13-14-11(20-10)21(17,18)15(2)6-5-9-4-3-7-19-9/h3-4,7H,5-6H2,1-2H3,(H,12,13,16). The molecule has 114 valence electrons. The van der Waals surface area contributed by atoms with E-state index in [0.717, 1.165) is 11.3 Å². The van der Waals surface area contributed by atoms with Gasteiger partial charge in [0.05, 0.1) is 6.26 Å². The first-order valence-corrected chi connectivity index (χ1v) is 8.25. The normalized spacial score (nSPS) is 11.8. The van der Waals surface area contributed by atoms with E-state index in [9.17, 15) is 13.2 Å². The van der Waals surface area contributed by atoms with E-state index in [1.807, 2.05) is 0 Å². The Bertz CT molecular complexity index is 708. The maximum Gasteiger partial charge on any atom is 0.272 e. The highest BCUT2D eigenvalue weighted by Crippen LogP contribution is 2.22. The van der Waals surface area contributed by atoms with Gasteiger partial charge in [0.1, 0.15) is 5.76 Å². The van der Waals surface area contributed by atoms with E-state index in [1.54, 1.807) is 12.1 Å². The molecule has 0 aliphatic heterocycles. The van der Waals surface area contributed by atoms with Crippen molar-refractivity contribution in [3.05, 3.63) is 24.2 Å². The summed E-state index contributed by atoms with van der Waals surface area (Å²) in [5.74, 6) is 0.370. The van der Waals surface area contributed by atoms with Crippen LogP contribution in [0.2, 0.25) is 0 Å². The van der Waals surface area contributed by atoms with Crippen LogP contribution < -0.4 is 5.32 Å². The predicted octanol–water partition coefficient (Wildman–Crippen LogP) is 0.953. The molecule has 8 nitrogen and oxygen atoms in total.